The Hall–Kier alpha value is -3.22. The summed E-state index contributed by atoms with van der Waals surface area (Å²) < 4.78 is 17.1. The Morgan fingerprint density at radius 3 is 2.44 bits per heavy atom. The van der Waals surface area contributed by atoms with E-state index in [1.165, 1.54) is 13.3 Å². The molecular formula is C29H40N2O5. The first-order valence-corrected chi connectivity index (χ1v) is 12.9. The van der Waals surface area contributed by atoms with E-state index in [1.807, 2.05) is 18.2 Å². The fraction of sp³-hybridized carbons (Fsp3) is 0.517. The second-order valence-corrected chi connectivity index (χ2v) is 9.39. The Labute approximate surface area is 214 Å². The van der Waals surface area contributed by atoms with Crippen LogP contribution in [-0.4, -0.2) is 33.8 Å². The molecule has 2 aromatic rings. The SMILES string of the molecule is CCCC[C@@H](CC)CNc1ccc2c(cc1=O)[C@@H](NC(C)=O)CCc1cc(OC)c(OC)c(OC)c1-2. The van der Waals surface area contributed by atoms with Gasteiger partial charge in [0.25, 0.3) is 0 Å². The van der Waals surface area contributed by atoms with Crippen LogP contribution in [0.2, 0.25) is 0 Å². The quantitative estimate of drug-likeness (QED) is 0.428. The van der Waals surface area contributed by atoms with Crippen LogP contribution in [-0.2, 0) is 11.2 Å². The number of anilines is 1. The molecule has 0 saturated heterocycles. The van der Waals surface area contributed by atoms with Gasteiger partial charge in [0.1, 0.15) is 0 Å². The van der Waals surface area contributed by atoms with Crippen molar-refractivity contribution < 1.29 is 19.0 Å². The minimum Gasteiger partial charge on any atom is -0.493 e. The maximum absolute atomic E-state index is 13.4. The molecular weight excluding hydrogens is 456 g/mol. The summed E-state index contributed by atoms with van der Waals surface area (Å²) >= 11 is 0. The van der Waals surface area contributed by atoms with Crippen molar-refractivity contribution in [2.45, 2.75) is 65.3 Å². The molecule has 3 rings (SSSR count). The van der Waals surface area contributed by atoms with Crippen LogP contribution in [0.4, 0.5) is 5.69 Å². The van der Waals surface area contributed by atoms with Crippen molar-refractivity contribution in [1.82, 2.24) is 5.32 Å². The Balaban J connectivity index is 2.18. The Morgan fingerprint density at radius 1 is 1.08 bits per heavy atom. The van der Waals surface area contributed by atoms with Gasteiger partial charge in [-0.3, -0.25) is 9.59 Å². The minimum absolute atomic E-state index is 0.0974. The molecule has 1 aliphatic rings. The van der Waals surface area contributed by atoms with Crippen molar-refractivity contribution in [2.75, 3.05) is 33.2 Å². The lowest BCUT2D eigenvalue weighted by atomic mass is 9.95. The number of nitrogens with one attached hydrogen (secondary N) is 2. The molecule has 36 heavy (non-hydrogen) atoms. The number of ether oxygens (including phenoxy) is 3. The Kier molecular flexibility index (Phi) is 9.62. The van der Waals surface area contributed by atoms with Crippen molar-refractivity contribution in [1.29, 1.82) is 0 Å². The number of fused-ring (bicyclic) bond motifs is 3. The first-order valence-electron chi connectivity index (χ1n) is 12.9. The topological polar surface area (TPSA) is 85.9 Å². The van der Waals surface area contributed by atoms with Gasteiger partial charge in [0.05, 0.1) is 33.1 Å². The maximum Gasteiger partial charge on any atom is 0.217 e. The van der Waals surface area contributed by atoms with Crippen molar-refractivity contribution >= 4 is 11.6 Å². The largest absolute Gasteiger partial charge is 0.493 e. The van der Waals surface area contributed by atoms with E-state index in [4.69, 9.17) is 14.2 Å². The number of carbonyl (C=O) groups excluding carboxylic acids is 1. The average Bonchev–Trinajstić information content (AvgIpc) is 3.11. The molecule has 0 spiro atoms. The number of benzene rings is 1. The van der Waals surface area contributed by atoms with Gasteiger partial charge in [0.2, 0.25) is 17.1 Å². The van der Waals surface area contributed by atoms with Crippen LogP contribution in [0.25, 0.3) is 11.1 Å². The van der Waals surface area contributed by atoms with Crippen LogP contribution < -0.4 is 30.3 Å². The number of amides is 1. The minimum atomic E-state index is -0.313. The van der Waals surface area contributed by atoms with Gasteiger partial charge in [0.15, 0.2) is 11.5 Å². The first kappa shape index (κ1) is 27.4. The zero-order valence-corrected chi connectivity index (χ0v) is 22.5. The molecule has 1 aliphatic carbocycles. The standard InChI is InChI=1S/C29H40N2O5/c1-7-9-10-19(8-2)17-30-24-14-12-21-22(16-25(24)33)23(31-18(3)32)13-11-20-15-26(34-4)28(35-5)29(36-6)27(20)21/h12,14-16,19,23H,7-11,13,17H2,1-6H3,(H,30,33)(H,31,32)/t19-,23+/m1/s1. The molecule has 0 aromatic heterocycles. The van der Waals surface area contributed by atoms with E-state index >= 15 is 0 Å². The van der Waals surface area contributed by atoms with Crippen LogP contribution in [0.5, 0.6) is 17.2 Å². The highest BCUT2D eigenvalue weighted by Crippen LogP contribution is 2.50. The summed E-state index contributed by atoms with van der Waals surface area (Å²) in [5, 5.41) is 6.45. The molecule has 2 aromatic carbocycles. The normalized spacial score (nSPS) is 15.1. The molecule has 2 N–H and O–H groups in total. The molecule has 0 aliphatic heterocycles. The van der Waals surface area contributed by atoms with Gasteiger partial charge in [0, 0.05) is 19.0 Å². The molecule has 0 saturated carbocycles. The maximum atomic E-state index is 13.4. The number of carbonyl (C=O) groups is 1. The number of rotatable bonds is 11. The monoisotopic (exact) mass is 496 g/mol. The third kappa shape index (κ3) is 5.94. The molecule has 1 amide bonds. The second kappa shape index (κ2) is 12.7. The molecule has 2 atom stereocenters. The van der Waals surface area contributed by atoms with Crippen LogP contribution in [0.15, 0.2) is 29.1 Å². The number of methoxy groups -OCH3 is 3. The van der Waals surface area contributed by atoms with Crippen LogP contribution in [0.1, 0.15) is 70.0 Å². The number of aryl methyl sites for hydroxylation is 1. The lowest BCUT2D eigenvalue weighted by molar-refractivity contribution is -0.119. The highest BCUT2D eigenvalue weighted by Gasteiger charge is 2.29. The first-order chi connectivity index (χ1) is 17.4. The van der Waals surface area contributed by atoms with Gasteiger partial charge in [-0.2, -0.15) is 0 Å². The Bertz CT molecular complexity index is 1130. The molecule has 196 valence electrons. The van der Waals surface area contributed by atoms with Crippen molar-refractivity contribution in [3.8, 4) is 28.4 Å². The third-order valence-corrected chi connectivity index (χ3v) is 7.04. The van der Waals surface area contributed by atoms with Gasteiger partial charge >= 0.3 is 0 Å². The lowest BCUT2D eigenvalue weighted by Gasteiger charge is -2.19. The van der Waals surface area contributed by atoms with Gasteiger partial charge in [-0.1, -0.05) is 39.2 Å². The molecule has 0 unspecified atom stereocenters. The van der Waals surface area contributed by atoms with Gasteiger partial charge in [-0.25, -0.2) is 0 Å². The number of unbranched alkanes of at least 4 members (excludes halogenated alkanes) is 1. The molecule has 0 bridgehead atoms. The highest BCUT2D eigenvalue weighted by atomic mass is 16.5. The van der Waals surface area contributed by atoms with Gasteiger partial charge < -0.3 is 24.8 Å². The second-order valence-electron chi connectivity index (χ2n) is 9.39. The van der Waals surface area contributed by atoms with Crippen molar-refractivity contribution in [2.24, 2.45) is 5.92 Å². The van der Waals surface area contributed by atoms with E-state index in [0.717, 1.165) is 48.1 Å². The average molecular weight is 497 g/mol. The molecule has 7 heteroatoms. The summed E-state index contributed by atoms with van der Waals surface area (Å²) in [6.45, 7) is 6.64. The van der Waals surface area contributed by atoms with E-state index in [2.05, 4.69) is 24.5 Å². The molecule has 7 nitrogen and oxygen atoms in total. The van der Waals surface area contributed by atoms with E-state index < -0.39 is 0 Å². The highest BCUT2D eigenvalue weighted by molar-refractivity contribution is 5.83. The zero-order chi connectivity index (χ0) is 26.2. The van der Waals surface area contributed by atoms with E-state index in [1.54, 1.807) is 27.4 Å². The fourth-order valence-electron chi connectivity index (χ4n) is 5.05. The van der Waals surface area contributed by atoms with Crippen molar-refractivity contribution in [3.63, 3.8) is 0 Å². The summed E-state index contributed by atoms with van der Waals surface area (Å²) in [6, 6.07) is 7.12. The fourth-order valence-corrected chi connectivity index (χ4v) is 5.05. The van der Waals surface area contributed by atoms with Gasteiger partial charge in [-0.05, 0) is 60.1 Å². The molecule has 0 heterocycles. The summed E-state index contributed by atoms with van der Waals surface area (Å²) in [7, 11) is 4.78. The van der Waals surface area contributed by atoms with Crippen molar-refractivity contribution in [3.05, 3.63) is 45.6 Å². The predicted molar refractivity (Wildman–Crippen MR) is 144 cm³/mol. The molecule has 0 fully saturated rings. The third-order valence-electron chi connectivity index (χ3n) is 7.04. The van der Waals surface area contributed by atoms with Crippen LogP contribution >= 0.6 is 0 Å². The van der Waals surface area contributed by atoms with E-state index in [9.17, 15) is 9.59 Å². The lowest BCUT2D eigenvalue weighted by Crippen LogP contribution is -2.26. The summed E-state index contributed by atoms with van der Waals surface area (Å²) in [5.41, 5.74) is 3.93. The zero-order valence-electron chi connectivity index (χ0n) is 22.5. The van der Waals surface area contributed by atoms with Gasteiger partial charge in [-0.15, -0.1) is 0 Å². The Morgan fingerprint density at radius 2 is 1.83 bits per heavy atom. The number of hydrogen-bond donors (Lipinski definition) is 2. The van der Waals surface area contributed by atoms with E-state index in [0.29, 0.717) is 41.7 Å². The summed E-state index contributed by atoms with van der Waals surface area (Å²) in [5.74, 6) is 2.00. The van der Waals surface area contributed by atoms with Crippen LogP contribution in [0, 0.1) is 5.92 Å². The molecule has 0 radical (unpaired) electrons. The number of hydrogen-bond acceptors (Lipinski definition) is 6. The smallest absolute Gasteiger partial charge is 0.217 e. The van der Waals surface area contributed by atoms with Crippen LogP contribution in [0.3, 0.4) is 0 Å². The summed E-state index contributed by atoms with van der Waals surface area (Å²) in [4.78, 5) is 25.5. The van der Waals surface area contributed by atoms with E-state index in [-0.39, 0.29) is 17.4 Å². The summed E-state index contributed by atoms with van der Waals surface area (Å²) in [6.07, 6.45) is 5.86. The predicted octanol–water partition coefficient (Wildman–Crippen LogP) is 5.49.